The number of carbonyl (C=O) groups is 3. The van der Waals surface area contributed by atoms with E-state index in [-0.39, 0.29) is 38.6 Å². The van der Waals surface area contributed by atoms with Crippen LogP contribution in [-0.4, -0.2) is 82.3 Å². The van der Waals surface area contributed by atoms with Crippen LogP contribution in [0, 0.1) is 0 Å². The number of hydrogen-bond donors (Lipinski definition) is 0. The number of nitrogens with zero attached hydrogens (tertiary/aromatic N) is 1. The van der Waals surface area contributed by atoms with Crippen molar-refractivity contribution in [2.24, 2.45) is 0 Å². The Hall–Kier alpha value is -5.09. The molecule has 0 amide bonds. The Kier molecular flexibility index (Phi) is 61.0. The lowest BCUT2D eigenvalue weighted by molar-refractivity contribution is -0.870. The average molecular weight is 1180 g/mol. The fraction of sp³-hybridized carbons (Fsp3) is 0.618. The molecule has 0 aliphatic heterocycles. The first kappa shape index (κ1) is 79.9. The highest BCUT2D eigenvalue weighted by atomic mass is 16.7. The Morgan fingerprint density at radius 3 is 0.941 bits per heavy atom. The van der Waals surface area contributed by atoms with Crippen LogP contribution in [0.1, 0.15) is 245 Å². The van der Waals surface area contributed by atoms with Gasteiger partial charge in [0.2, 0.25) is 0 Å². The summed E-state index contributed by atoms with van der Waals surface area (Å²) in [5.74, 6) is -2.32. The number of carboxylic acid groups (broad SMARTS) is 1. The van der Waals surface area contributed by atoms with Gasteiger partial charge in [-0.1, -0.05) is 268 Å². The first-order chi connectivity index (χ1) is 41.6. The van der Waals surface area contributed by atoms with Gasteiger partial charge in [0, 0.05) is 12.8 Å². The molecule has 0 aromatic rings. The molecule has 0 radical (unpaired) electrons. The number of quaternary nitrogens is 1. The molecule has 0 rings (SSSR count). The minimum Gasteiger partial charge on any atom is -0.545 e. The highest BCUT2D eigenvalue weighted by Gasteiger charge is 2.22. The molecule has 0 saturated carbocycles. The SMILES string of the molecule is CC/C=C\C/C=C\C/C=C\C/C=C\C/C=C\C/C=C\C/C=C\C/C=C\C/C=C\CCCCCCCC(=O)OC(COC(=O)CCCCCCCCCCCCCCCC/C=C\C/C=C\C/C=C\C/C=C\CC)COC(OCC[N+](C)(C)C)C(=O)[O-]. The van der Waals surface area contributed by atoms with Gasteiger partial charge in [-0.05, 0) is 122 Å². The highest BCUT2D eigenvalue weighted by molar-refractivity contribution is 5.70. The predicted molar refractivity (Wildman–Crippen MR) is 361 cm³/mol. The van der Waals surface area contributed by atoms with E-state index in [1.807, 2.05) is 21.1 Å². The first-order valence-corrected chi connectivity index (χ1v) is 33.6. The van der Waals surface area contributed by atoms with E-state index in [1.165, 1.54) is 77.0 Å². The lowest BCUT2D eigenvalue weighted by Crippen LogP contribution is -2.44. The van der Waals surface area contributed by atoms with Crippen LogP contribution in [0.2, 0.25) is 0 Å². The summed E-state index contributed by atoms with van der Waals surface area (Å²) in [7, 11) is 5.91. The molecule has 0 aromatic heterocycles. The molecule has 0 saturated heterocycles. The molecular formula is C76H123NO8. The standard InChI is InChI=1S/C76H123NO8/c1-6-8-10-12-14-16-18-20-22-24-26-28-30-32-34-35-36-37-38-39-41-43-45-47-49-51-53-55-57-59-61-63-65-67-74(79)85-72(71-84-76(75(80)81)82-69-68-77(3,4)5)70-83-73(78)66-64-62-60-58-56-54-52-50-48-46-44-42-40-33-31-29-27-25-23-21-19-17-15-13-11-9-7-2/h8-11,14-17,20-23,26-29,32,34,36-37,39,41,45,47,51,53,72,76H,6-7,12-13,18-19,24-25,30-31,33,35,38,40,42-44,46,48-50,52,54-71H2,1-5H3/b10-8-,11-9-,16-14-,17-15-,22-20-,23-21-,28-26-,29-27-,34-32-,37-36-,41-39-,47-45-,53-51-. The highest BCUT2D eigenvalue weighted by Crippen LogP contribution is 2.16. The Morgan fingerprint density at radius 2 is 0.635 bits per heavy atom. The maximum absolute atomic E-state index is 12.9. The molecule has 2 atom stereocenters. The number of aliphatic carboxylic acids is 1. The largest absolute Gasteiger partial charge is 0.545 e. The lowest BCUT2D eigenvalue weighted by Gasteiger charge is -2.26. The van der Waals surface area contributed by atoms with E-state index >= 15 is 0 Å². The molecule has 0 aromatic carbocycles. The number of unbranched alkanes of at least 4 members (excludes halogenated alkanes) is 19. The zero-order valence-corrected chi connectivity index (χ0v) is 54.7. The molecular weight excluding hydrogens is 1050 g/mol. The molecule has 0 aliphatic carbocycles. The number of allylic oxidation sites excluding steroid dienone is 26. The van der Waals surface area contributed by atoms with E-state index in [4.69, 9.17) is 18.9 Å². The topological polar surface area (TPSA) is 111 Å². The second kappa shape index (κ2) is 64.9. The quantitative estimate of drug-likeness (QED) is 0.0195. The van der Waals surface area contributed by atoms with Gasteiger partial charge >= 0.3 is 11.9 Å². The van der Waals surface area contributed by atoms with Crippen LogP contribution in [-0.2, 0) is 33.3 Å². The van der Waals surface area contributed by atoms with Crippen molar-refractivity contribution in [3.8, 4) is 0 Å². The predicted octanol–water partition coefficient (Wildman–Crippen LogP) is 19.6. The molecule has 2 unspecified atom stereocenters. The lowest BCUT2D eigenvalue weighted by atomic mass is 10.0. The van der Waals surface area contributed by atoms with Crippen LogP contribution in [0.5, 0.6) is 0 Å². The van der Waals surface area contributed by atoms with Crippen molar-refractivity contribution >= 4 is 17.9 Å². The van der Waals surface area contributed by atoms with Crippen LogP contribution in [0.3, 0.4) is 0 Å². The Bertz CT molecular complexity index is 1950. The molecule has 0 fully saturated rings. The Balaban J connectivity index is 4.25. The van der Waals surface area contributed by atoms with Crippen molar-refractivity contribution in [3.05, 3.63) is 158 Å². The van der Waals surface area contributed by atoms with Gasteiger partial charge in [0.15, 0.2) is 12.4 Å². The van der Waals surface area contributed by atoms with Crippen molar-refractivity contribution in [1.82, 2.24) is 0 Å². The summed E-state index contributed by atoms with van der Waals surface area (Å²) in [6.07, 6.45) is 93.1. The number of esters is 2. The summed E-state index contributed by atoms with van der Waals surface area (Å²) < 4.78 is 22.7. The second-order valence-corrected chi connectivity index (χ2v) is 23.0. The van der Waals surface area contributed by atoms with Crippen LogP contribution < -0.4 is 5.11 Å². The van der Waals surface area contributed by atoms with Crippen LogP contribution in [0.4, 0.5) is 0 Å². The summed E-state index contributed by atoms with van der Waals surface area (Å²) in [5.41, 5.74) is 0. The molecule has 0 spiro atoms. The molecule has 0 bridgehead atoms. The molecule has 0 N–H and O–H groups in total. The zero-order chi connectivity index (χ0) is 61.9. The fourth-order valence-corrected chi connectivity index (χ4v) is 8.70. The average Bonchev–Trinajstić information content (AvgIpc) is 3.49. The monoisotopic (exact) mass is 1180 g/mol. The van der Waals surface area contributed by atoms with Gasteiger partial charge in [0.05, 0.1) is 40.3 Å². The van der Waals surface area contributed by atoms with Crippen molar-refractivity contribution < 1.29 is 42.9 Å². The maximum Gasteiger partial charge on any atom is 0.306 e. The number of rotatable bonds is 60. The molecule has 85 heavy (non-hydrogen) atoms. The van der Waals surface area contributed by atoms with Gasteiger partial charge in [-0.2, -0.15) is 0 Å². The van der Waals surface area contributed by atoms with Crippen LogP contribution >= 0.6 is 0 Å². The third-order valence-corrected chi connectivity index (χ3v) is 13.8. The van der Waals surface area contributed by atoms with Crippen LogP contribution in [0.15, 0.2) is 158 Å². The van der Waals surface area contributed by atoms with Crippen molar-refractivity contribution in [2.45, 2.75) is 257 Å². The molecule has 9 nitrogen and oxygen atoms in total. The van der Waals surface area contributed by atoms with Gasteiger partial charge in [0.25, 0.3) is 0 Å². The Labute approximate surface area is 521 Å². The van der Waals surface area contributed by atoms with E-state index in [1.54, 1.807) is 0 Å². The van der Waals surface area contributed by atoms with E-state index in [0.717, 1.165) is 135 Å². The maximum atomic E-state index is 12.9. The summed E-state index contributed by atoms with van der Waals surface area (Å²) >= 11 is 0. The smallest absolute Gasteiger partial charge is 0.306 e. The Morgan fingerprint density at radius 1 is 0.353 bits per heavy atom. The fourth-order valence-electron chi connectivity index (χ4n) is 8.70. The summed E-state index contributed by atoms with van der Waals surface area (Å²) in [4.78, 5) is 37.5. The van der Waals surface area contributed by atoms with Crippen molar-refractivity contribution in [2.75, 3.05) is 47.5 Å². The number of carboxylic acids is 1. The van der Waals surface area contributed by atoms with E-state index in [2.05, 4.69) is 172 Å². The van der Waals surface area contributed by atoms with E-state index in [0.29, 0.717) is 17.4 Å². The van der Waals surface area contributed by atoms with Crippen LogP contribution in [0.25, 0.3) is 0 Å². The van der Waals surface area contributed by atoms with Gasteiger partial charge < -0.3 is 33.3 Å². The molecule has 0 aliphatic rings. The third kappa shape index (κ3) is 66.3. The number of ether oxygens (including phenoxy) is 4. The second-order valence-electron chi connectivity index (χ2n) is 23.0. The first-order valence-electron chi connectivity index (χ1n) is 33.6. The van der Waals surface area contributed by atoms with Gasteiger partial charge in [-0.15, -0.1) is 0 Å². The van der Waals surface area contributed by atoms with Gasteiger partial charge in [-0.3, -0.25) is 9.59 Å². The number of likely N-dealkylation sites (N-methyl/N-ethyl adjacent to an activating group) is 1. The van der Waals surface area contributed by atoms with E-state index < -0.39 is 24.3 Å². The van der Waals surface area contributed by atoms with Crippen molar-refractivity contribution in [1.29, 1.82) is 0 Å². The summed E-state index contributed by atoms with van der Waals surface area (Å²) in [6, 6.07) is 0. The van der Waals surface area contributed by atoms with Crippen molar-refractivity contribution in [3.63, 3.8) is 0 Å². The minimum absolute atomic E-state index is 0.135. The summed E-state index contributed by atoms with van der Waals surface area (Å²) in [5, 5.41) is 11.8. The van der Waals surface area contributed by atoms with Gasteiger partial charge in [0.1, 0.15) is 13.2 Å². The normalized spacial score (nSPS) is 13.8. The number of carbonyl (C=O) groups excluding carboxylic acids is 3. The zero-order valence-electron chi connectivity index (χ0n) is 54.7. The third-order valence-electron chi connectivity index (χ3n) is 13.8. The molecule has 9 heteroatoms. The summed E-state index contributed by atoms with van der Waals surface area (Å²) in [6.45, 7) is 4.49. The number of hydrogen-bond acceptors (Lipinski definition) is 8. The minimum atomic E-state index is -1.64. The van der Waals surface area contributed by atoms with Gasteiger partial charge in [-0.25, -0.2) is 0 Å². The molecule has 480 valence electrons. The molecule has 0 heterocycles. The van der Waals surface area contributed by atoms with E-state index in [9.17, 15) is 19.5 Å².